The predicted molar refractivity (Wildman–Crippen MR) is 89.8 cm³/mol. The van der Waals surface area contributed by atoms with Crippen LogP contribution >= 0.6 is 47.8 Å². The van der Waals surface area contributed by atoms with Gasteiger partial charge in [0, 0.05) is 22.4 Å². The first-order valence-electron chi connectivity index (χ1n) is 6.40. The van der Waals surface area contributed by atoms with Crippen molar-refractivity contribution in [2.24, 2.45) is 5.41 Å². The molecule has 2 rings (SSSR count). The molecule has 1 aliphatic rings. The number of nitrogens with one attached hydrogen (secondary N) is 1. The molecule has 0 bridgehead atoms. The number of halogens is 3. The lowest BCUT2D eigenvalue weighted by molar-refractivity contribution is -0.0684. The molecule has 3 atom stereocenters. The van der Waals surface area contributed by atoms with Crippen LogP contribution in [0.25, 0.3) is 0 Å². The third kappa shape index (κ3) is 2.89. The average molecular weight is 456 g/mol. The van der Waals surface area contributed by atoms with Gasteiger partial charge in [0.15, 0.2) is 0 Å². The molecule has 1 fully saturated rings. The van der Waals surface area contributed by atoms with E-state index < -0.39 is 0 Å². The van der Waals surface area contributed by atoms with E-state index >= 15 is 0 Å². The van der Waals surface area contributed by atoms with Crippen molar-refractivity contribution < 1.29 is 4.74 Å². The van der Waals surface area contributed by atoms with Crippen molar-refractivity contribution >= 4 is 47.8 Å². The van der Waals surface area contributed by atoms with Crippen LogP contribution in [-0.2, 0) is 0 Å². The summed E-state index contributed by atoms with van der Waals surface area (Å²) in [5, 5.41) is 3.39. The number of hydrogen-bond donors (Lipinski definition) is 1. The van der Waals surface area contributed by atoms with Gasteiger partial charge in [-0.25, -0.2) is 0 Å². The van der Waals surface area contributed by atoms with Crippen molar-refractivity contribution in [2.75, 3.05) is 7.05 Å². The molecule has 1 aliphatic carbocycles. The second-order valence-corrected chi connectivity index (χ2v) is 7.87. The molecule has 19 heavy (non-hydrogen) atoms. The summed E-state index contributed by atoms with van der Waals surface area (Å²) in [6.07, 6.45) is 2.41. The Labute approximate surface area is 140 Å². The molecule has 5 heteroatoms. The molecular formula is C14H18Br3NO. The van der Waals surface area contributed by atoms with E-state index in [4.69, 9.17) is 4.74 Å². The summed E-state index contributed by atoms with van der Waals surface area (Å²) in [5.41, 5.74) is 0.195. The molecule has 3 unspecified atom stereocenters. The second kappa shape index (κ2) is 6.04. The number of ether oxygens (including phenoxy) is 1. The first-order valence-corrected chi connectivity index (χ1v) is 8.78. The van der Waals surface area contributed by atoms with E-state index in [2.05, 4.69) is 67.0 Å². The van der Waals surface area contributed by atoms with Crippen LogP contribution in [0.2, 0.25) is 0 Å². The fraction of sp³-hybridized carbons (Fsp3) is 0.571. The molecule has 1 N–H and O–H groups in total. The van der Waals surface area contributed by atoms with Crippen LogP contribution in [0.5, 0.6) is 5.75 Å². The van der Waals surface area contributed by atoms with E-state index in [0.717, 1.165) is 32.0 Å². The zero-order valence-electron chi connectivity index (χ0n) is 11.3. The molecule has 0 spiro atoms. The van der Waals surface area contributed by atoms with Crippen LogP contribution in [-0.4, -0.2) is 19.2 Å². The highest BCUT2D eigenvalue weighted by molar-refractivity contribution is 9.11. The quantitative estimate of drug-likeness (QED) is 0.679. The molecule has 0 amide bonds. The van der Waals surface area contributed by atoms with E-state index in [1.54, 1.807) is 0 Å². The van der Waals surface area contributed by atoms with Gasteiger partial charge in [-0.05, 0) is 57.5 Å². The lowest BCUT2D eigenvalue weighted by Crippen LogP contribution is -2.62. The third-order valence-corrected chi connectivity index (χ3v) is 5.95. The summed E-state index contributed by atoms with van der Waals surface area (Å²) in [7, 11) is 2.03. The van der Waals surface area contributed by atoms with Crippen molar-refractivity contribution in [1.29, 1.82) is 0 Å². The topological polar surface area (TPSA) is 21.3 Å². The summed E-state index contributed by atoms with van der Waals surface area (Å²) >= 11 is 10.6. The Kier molecular flexibility index (Phi) is 5.02. The van der Waals surface area contributed by atoms with Crippen molar-refractivity contribution in [3.05, 3.63) is 25.6 Å². The molecule has 0 radical (unpaired) electrons. The lowest BCUT2D eigenvalue weighted by Gasteiger charge is -2.53. The fourth-order valence-electron chi connectivity index (χ4n) is 2.70. The SMILES string of the molecule is CCC1(C)C(NC)CC1Oc1c(Br)cc(Br)cc1Br. The number of benzene rings is 1. The van der Waals surface area contributed by atoms with Gasteiger partial charge in [0.2, 0.25) is 0 Å². The van der Waals surface area contributed by atoms with Gasteiger partial charge >= 0.3 is 0 Å². The minimum atomic E-state index is 0.195. The number of rotatable bonds is 4. The van der Waals surface area contributed by atoms with Crippen molar-refractivity contribution in [3.63, 3.8) is 0 Å². The van der Waals surface area contributed by atoms with Gasteiger partial charge in [-0.2, -0.15) is 0 Å². The molecule has 0 heterocycles. The molecule has 0 aliphatic heterocycles. The van der Waals surface area contributed by atoms with Crippen LogP contribution in [0, 0.1) is 5.41 Å². The summed E-state index contributed by atoms with van der Waals surface area (Å²) in [6.45, 7) is 4.52. The Balaban J connectivity index is 2.19. The standard InChI is InChI=1S/C14H18Br3NO/c1-4-14(2)11(18-3)7-12(14)19-13-9(16)5-8(15)6-10(13)17/h5-6,11-12,18H,4,7H2,1-3H3. The summed E-state index contributed by atoms with van der Waals surface area (Å²) in [5.74, 6) is 0.891. The van der Waals surface area contributed by atoms with Gasteiger partial charge in [-0.3, -0.25) is 0 Å². The zero-order chi connectivity index (χ0) is 14.2. The average Bonchev–Trinajstić information content (AvgIpc) is 2.35. The first-order chi connectivity index (χ1) is 8.92. The molecule has 0 saturated heterocycles. The molecule has 2 nitrogen and oxygen atoms in total. The monoisotopic (exact) mass is 453 g/mol. The van der Waals surface area contributed by atoms with Gasteiger partial charge in [0.1, 0.15) is 11.9 Å². The van der Waals surface area contributed by atoms with Gasteiger partial charge < -0.3 is 10.1 Å². The van der Waals surface area contributed by atoms with E-state index in [1.807, 2.05) is 19.2 Å². The largest absolute Gasteiger partial charge is 0.487 e. The van der Waals surface area contributed by atoms with Gasteiger partial charge in [0.25, 0.3) is 0 Å². The van der Waals surface area contributed by atoms with Crippen LogP contribution < -0.4 is 10.1 Å². The minimum Gasteiger partial charge on any atom is -0.487 e. The molecular weight excluding hydrogens is 438 g/mol. The smallest absolute Gasteiger partial charge is 0.148 e. The van der Waals surface area contributed by atoms with E-state index in [0.29, 0.717) is 6.04 Å². The highest BCUT2D eigenvalue weighted by Crippen LogP contribution is 2.48. The maximum atomic E-state index is 6.25. The maximum Gasteiger partial charge on any atom is 0.148 e. The maximum absolute atomic E-state index is 6.25. The summed E-state index contributed by atoms with van der Waals surface area (Å²) in [6, 6.07) is 4.56. The van der Waals surface area contributed by atoms with Gasteiger partial charge in [0.05, 0.1) is 8.95 Å². The highest BCUT2D eigenvalue weighted by Gasteiger charge is 2.51. The third-order valence-electron chi connectivity index (χ3n) is 4.31. The Morgan fingerprint density at radius 2 is 1.89 bits per heavy atom. The fourth-order valence-corrected chi connectivity index (χ4v) is 5.15. The van der Waals surface area contributed by atoms with E-state index in [9.17, 15) is 0 Å². The van der Waals surface area contributed by atoms with Crippen molar-refractivity contribution in [1.82, 2.24) is 5.32 Å². The Bertz CT molecular complexity index is 457. The Morgan fingerprint density at radius 3 is 2.37 bits per heavy atom. The van der Waals surface area contributed by atoms with Crippen molar-refractivity contribution in [2.45, 2.75) is 38.8 Å². The van der Waals surface area contributed by atoms with E-state index in [1.165, 1.54) is 0 Å². The van der Waals surface area contributed by atoms with Crippen LogP contribution in [0.1, 0.15) is 26.7 Å². The lowest BCUT2D eigenvalue weighted by atomic mass is 9.61. The molecule has 1 aromatic carbocycles. The molecule has 1 aromatic rings. The minimum absolute atomic E-state index is 0.195. The highest BCUT2D eigenvalue weighted by atomic mass is 79.9. The summed E-state index contributed by atoms with van der Waals surface area (Å²) in [4.78, 5) is 0. The van der Waals surface area contributed by atoms with Crippen LogP contribution in [0.15, 0.2) is 25.6 Å². The Hall–Kier alpha value is 0.420. The first kappa shape index (κ1) is 15.8. The normalized spacial score (nSPS) is 30.0. The molecule has 1 saturated carbocycles. The van der Waals surface area contributed by atoms with Gasteiger partial charge in [-0.1, -0.05) is 29.8 Å². The molecule has 0 aromatic heterocycles. The van der Waals surface area contributed by atoms with Gasteiger partial charge in [-0.15, -0.1) is 0 Å². The zero-order valence-corrected chi connectivity index (χ0v) is 16.0. The number of hydrogen-bond acceptors (Lipinski definition) is 2. The van der Waals surface area contributed by atoms with Crippen LogP contribution in [0.3, 0.4) is 0 Å². The van der Waals surface area contributed by atoms with Crippen LogP contribution in [0.4, 0.5) is 0 Å². The van der Waals surface area contributed by atoms with Crippen molar-refractivity contribution in [3.8, 4) is 5.75 Å². The van der Waals surface area contributed by atoms with E-state index in [-0.39, 0.29) is 11.5 Å². The summed E-state index contributed by atoms with van der Waals surface area (Å²) < 4.78 is 9.22. The predicted octanol–water partition coefficient (Wildman–Crippen LogP) is 5.13. The second-order valence-electron chi connectivity index (χ2n) is 5.24. The Morgan fingerprint density at radius 1 is 1.32 bits per heavy atom. The molecule has 106 valence electrons.